The number of rotatable bonds is 5. The van der Waals surface area contributed by atoms with Crippen molar-refractivity contribution in [1.82, 2.24) is 0 Å². The molecule has 1 fully saturated rings. The van der Waals surface area contributed by atoms with Crippen molar-refractivity contribution in [3.63, 3.8) is 0 Å². The van der Waals surface area contributed by atoms with E-state index in [-0.39, 0.29) is 5.91 Å². The zero-order chi connectivity index (χ0) is 14.5. The topological polar surface area (TPSA) is 55.8 Å². The first-order chi connectivity index (χ1) is 9.65. The van der Waals surface area contributed by atoms with Crippen molar-refractivity contribution in [2.24, 2.45) is 0 Å². The molecule has 0 aliphatic carbocycles. The third-order valence-electron chi connectivity index (χ3n) is 3.17. The summed E-state index contributed by atoms with van der Waals surface area (Å²) in [5, 5.41) is 0. The van der Waals surface area contributed by atoms with Crippen LogP contribution in [0, 0.1) is 0 Å². The molecule has 0 radical (unpaired) electrons. The minimum Gasteiger partial charge on any atom is -0.494 e. The minimum atomic E-state index is -0.431. The van der Waals surface area contributed by atoms with Crippen molar-refractivity contribution in [3.8, 4) is 5.75 Å². The molecule has 1 aromatic carbocycles. The van der Waals surface area contributed by atoms with Crippen LogP contribution in [0.4, 0.5) is 5.69 Å². The predicted molar refractivity (Wildman–Crippen MR) is 75.2 cm³/mol. The Kier molecular flexibility index (Phi) is 4.61. The highest BCUT2D eigenvalue weighted by Gasteiger charge is 2.23. The Hall–Kier alpha value is -2.04. The van der Waals surface area contributed by atoms with Crippen LogP contribution in [0.2, 0.25) is 0 Å². The summed E-state index contributed by atoms with van der Waals surface area (Å²) in [4.78, 5) is 25.2. The molecule has 0 spiro atoms. The van der Waals surface area contributed by atoms with Crippen molar-refractivity contribution in [2.45, 2.75) is 26.2 Å². The smallest absolute Gasteiger partial charge is 0.338 e. The maximum atomic E-state index is 11.8. The lowest BCUT2D eigenvalue weighted by molar-refractivity contribution is -0.117. The third-order valence-corrected chi connectivity index (χ3v) is 3.17. The van der Waals surface area contributed by atoms with Gasteiger partial charge in [-0.05, 0) is 25.0 Å². The second kappa shape index (κ2) is 6.41. The Labute approximate surface area is 118 Å². The average Bonchev–Trinajstić information content (AvgIpc) is 2.90. The minimum absolute atomic E-state index is 0.0773. The quantitative estimate of drug-likeness (QED) is 0.775. The molecule has 0 N–H and O–H groups in total. The molecule has 20 heavy (non-hydrogen) atoms. The molecule has 0 unspecified atom stereocenters. The Morgan fingerprint density at radius 3 is 2.75 bits per heavy atom. The van der Waals surface area contributed by atoms with E-state index in [4.69, 9.17) is 9.47 Å². The Balaban J connectivity index is 2.34. The highest BCUT2D eigenvalue weighted by molar-refractivity contribution is 5.98. The van der Waals surface area contributed by atoms with Gasteiger partial charge in [0.15, 0.2) is 0 Å². The van der Waals surface area contributed by atoms with Gasteiger partial charge in [-0.25, -0.2) is 4.79 Å². The van der Waals surface area contributed by atoms with Gasteiger partial charge in [0, 0.05) is 24.7 Å². The lowest BCUT2D eigenvalue weighted by Gasteiger charge is -2.18. The highest BCUT2D eigenvalue weighted by atomic mass is 16.5. The van der Waals surface area contributed by atoms with Crippen LogP contribution in [0.5, 0.6) is 5.75 Å². The largest absolute Gasteiger partial charge is 0.494 e. The molecular formula is C15H19NO4. The molecule has 1 aliphatic rings. The van der Waals surface area contributed by atoms with Crippen molar-refractivity contribution < 1.29 is 19.1 Å². The molecule has 1 aromatic rings. The number of amides is 1. The molecule has 2 rings (SSSR count). The predicted octanol–water partition coefficient (Wildman–Crippen LogP) is 2.39. The van der Waals surface area contributed by atoms with E-state index in [1.54, 1.807) is 23.1 Å². The SMILES string of the molecule is CCCOc1cc(C(=O)OC)cc(N2CCCC2=O)c1. The van der Waals surface area contributed by atoms with E-state index < -0.39 is 5.97 Å². The van der Waals surface area contributed by atoms with Gasteiger partial charge >= 0.3 is 5.97 Å². The first-order valence-electron chi connectivity index (χ1n) is 6.82. The van der Waals surface area contributed by atoms with Gasteiger partial charge in [-0.1, -0.05) is 6.92 Å². The van der Waals surface area contributed by atoms with Gasteiger partial charge in [-0.3, -0.25) is 4.79 Å². The van der Waals surface area contributed by atoms with Crippen LogP contribution in [-0.4, -0.2) is 32.1 Å². The summed E-state index contributed by atoms with van der Waals surface area (Å²) in [5.74, 6) is 0.234. The Morgan fingerprint density at radius 2 is 2.15 bits per heavy atom. The van der Waals surface area contributed by atoms with E-state index >= 15 is 0 Å². The molecule has 5 nitrogen and oxygen atoms in total. The maximum Gasteiger partial charge on any atom is 0.338 e. The normalized spacial score (nSPS) is 14.5. The summed E-state index contributed by atoms with van der Waals surface area (Å²) >= 11 is 0. The molecule has 0 saturated carbocycles. The molecule has 1 heterocycles. The number of benzene rings is 1. The molecule has 0 atom stereocenters. The van der Waals surface area contributed by atoms with Crippen LogP contribution in [0.15, 0.2) is 18.2 Å². The molecule has 108 valence electrons. The van der Waals surface area contributed by atoms with Crippen molar-refractivity contribution in [2.75, 3.05) is 25.2 Å². The fourth-order valence-corrected chi connectivity index (χ4v) is 2.20. The zero-order valence-electron chi connectivity index (χ0n) is 11.8. The van der Waals surface area contributed by atoms with Crippen LogP contribution in [0.1, 0.15) is 36.5 Å². The molecule has 1 saturated heterocycles. The number of hydrogen-bond acceptors (Lipinski definition) is 4. The van der Waals surface area contributed by atoms with Crippen LogP contribution in [0.3, 0.4) is 0 Å². The van der Waals surface area contributed by atoms with Crippen molar-refractivity contribution in [1.29, 1.82) is 0 Å². The second-order valence-electron chi connectivity index (χ2n) is 4.70. The summed E-state index contributed by atoms with van der Waals surface area (Å²) in [5.41, 5.74) is 1.09. The molecule has 5 heteroatoms. The molecule has 1 aliphatic heterocycles. The van der Waals surface area contributed by atoms with Crippen LogP contribution >= 0.6 is 0 Å². The molecule has 0 bridgehead atoms. The van der Waals surface area contributed by atoms with Crippen molar-refractivity contribution >= 4 is 17.6 Å². The number of carbonyl (C=O) groups excluding carboxylic acids is 2. The fraction of sp³-hybridized carbons (Fsp3) is 0.467. The number of carbonyl (C=O) groups is 2. The van der Waals surface area contributed by atoms with Crippen LogP contribution < -0.4 is 9.64 Å². The third kappa shape index (κ3) is 3.10. The van der Waals surface area contributed by atoms with Gasteiger partial charge in [0.25, 0.3) is 0 Å². The zero-order valence-corrected chi connectivity index (χ0v) is 11.8. The Bertz CT molecular complexity index is 513. The lowest BCUT2D eigenvalue weighted by atomic mass is 10.1. The summed E-state index contributed by atoms with van der Waals surface area (Å²) in [6.45, 7) is 3.25. The van der Waals surface area contributed by atoms with Gasteiger partial charge < -0.3 is 14.4 Å². The maximum absolute atomic E-state index is 11.8. The summed E-state index contributed by atoms with van der Waals surface area (Å²) in [6.07, 6.45) is 2.26. The fourth-order valence-electron chi connectivity index (χ4n) is 2.20. The van der Waals surface area contributed by atoms with Gasteiger partial charge in [0.2, 0.25) is 5.91 Å². The summed E-state index contributed by atoms with van der Waals surface area (Å²) < 4.78 is 10.3. The first kappa shape index (κ1) is 14.4. The first-order valence-corrected chi connectivity index (χ1v) is 6.82. The molecular weight excluding hydrogens is 258 g/mol. The number of ether oxygens (including phenoxy) is 2. The van der Waals surface area contributed by atoms with Gasteiger partial charge in [-0.2, -0.15) is 0 Å². The van der Waals surface area contributed by atoms with E-state index in [9.17, 15) is 9.59 Å². The average molecular weight is 277 g/mol. The van der Waals surface area contributed by atoms with Crippen LogP contribution in [0.25, 0.3) is 0 Å². The Morgan fingerprint density at radius 1 is 1.35 bits per heavy atom. The van der Waals surface area contributed by atoms with E-state index in [0.29, 0.717) is 36.6 Å². The van der Waals surface area contributed by atoms with Crippen LogP contribution in [-0.2, 0) is 9.53 Å². The van der Waals surface area contributed by atoms with E-state index in [1.165, 1.54) is 7.11 Å². The highest BCUT2D eigenvalue weighted by Crippen LogP contribution is 2.28. The van der Waals surface area contributed by atoms with Crippen molar-refractivity contribution in [3.05, 3.63) is 23.8 Å². The standard InChI is InChI=1S/C15H19NO4/c1-3-7-20-13-9-11(15(18)19-2)8-12(10-13)16-6-4-5-14(16)17/h8-10H,3-7H2,1-2H3. The van der Waals surface area contributed by atoms with E-state index in [0.717, 1.165) is 12.8 Å². The number of anilines is 1. The summed E-state index contributed by atoms with van der Waals surface area (Å²) in [6, 6.07) is 5.12. The van der Waals surface area contributed by atoms with E-state index in [1.807, 2.05) is 6.92 Å². The molecule has 0 aromatic heterocycles. The molecule has 1 amide bonds. The lowest BCUT2D eigenvalue weighted by Crippen LogP contribution is -2.24. The van der Waals surface area contributed by atoms with Gasteiger partial charge in [0.05, 0.1) is 19.3 Å². The second-order valence-corrected chi connectivity index (χ2v) is 4.70. The number of methoxy groups -OCH3 is 1. The van der Waals surface area contributed by atoms with Gasteiger partial charge in [-0.15, -0.1) is 0 Å². The number of nitrogens with zero attached hydrogens (tertiary/aromatic N) is 1. The number of esters is 1. The van der Waals surface area contributed by atoms with Gasteiger partial charge in [0.1, 0.15) is 5.75 Å². The monoisotopic (exact) mass is 277 g/mol. The summed E-state index contributed by atoms with van der Waals surface area (Å²) in [7, 11) is 1.34. The number of hydrogen-bond donors (Lipinski definition) is 0. The van der Waals surface area contributed by atoms with E-state index in [2.05, 4.69) is 0 Å².